The van der Waals surface area contributed by atoms with Crippen LogP contribution in [0.5, 0.6) is 0 Å². The Morgan fingerprint density at radius 1 is 1.42 bits per heavy atom. The Bertz CT molecular complexity index is 539. The number of carbonyl (C=O) groups excluding carboxylic acids is 1. The van der Waals surface area contributed by atoms with Crippen LogP contribution in [0.4, 0.5) is 5.13 Å². The molecule has 1 unspecified atom stereocenters. The molecular weight excluding hydrogens is 260 g/mol. The highest BCUT2D eigenvalue weighted by molar-refractivity contribution is 7.13. The van der Waals surface area contributed by atoms with Crippen LogP contribution in [-0.4, -0.2) is 24.1 Å². The SMILES string of the molecule is COC(=O)c1csc(NC(C)Cc2ccccc2)n1. The maximum atomic E-state index is 11.3. The van der Waals surface area contributed by atoms with Crippen molar-refractivity contribution in [3.05, 3.63) is 47.0 Å². The lowest BCUT2D eigenvalue weighted by molar-refractivity contribution is 0.0595. The molecule has 2 aromatic rings. The Kier molecular flexibility index (Phi) is 4.52. The summed E-state index contributed by atoms with van der Waals surface area (Å²) in [6, 6.07) is 10.5. The molecule has 0 saturated heterocycles. The molecule has 0 spiro atoms. The lowest BCUT2D eigenvalue weighted by atomic mass is 10.1. The number of methoxy groups -OCH3 is 1. The highest BCUT2D eigenvalue weighted by Crippen LogP contribution is 2.18. The van der Waals surface area contributed by atoms with Gasteiger partial charge in [0, 0.05) is 11.4 Å². The Morgan fingerprint density at radius 2 is 2.16 bits per heavy atom. The molecule has 0 fully saturated rings. The van der Waals surface area contributed by atoms with Crippen LogP contribution in [0.25, 0.3) is 0 Å². The minimum Gasteiger partial charge on any atom is -0.464 e. The highest BCUT2D eigenvalue weighted by Gasteiger charge is 2.12. The van der Waals surface area contributed by atoms with E-state index in [0.29, 0.717) is 5.69 Å². The van der Waals surface area contributed by atoms with E-state index in [1.54, 1.807) is 5.38 Å². The zero-order chi connectivity index (χ0) is 13.7. The molecule has 100 valence electrons. The summed E-state index contributed by atoms with van der Waals surface area (Å²) in [4.78, 5) is 15.5. The number of anilines is 1. The fourth-order valence-corrected chi connectivity index (χ4v) is 2.56. The zero-order valence-electron chi connectivity index (χ0n) is 10.9. The first-order valence-corrected chi connectivity index (χ1v) is 6.91. The van der Waals surface area contributed by atoms with Gasteiger partial charge in [-0.15, -0.1) is 11.3 Å². The van der Waals surface area contributed by atoms with Crippen LogP contribution in [0.2, 0.25) is 0 Å². The van der Waals surface area contributed by atoms with Gasteiger partial charge in [0.1, 0.15) is 0 Å². The number of ether oxygens (including phenoxy) is 1. The summed E-state index contributed by atoms with van der Waals surface area (Å²) in [7, 11) is 1.35. The van der Waals surface area contributed by atoms with Crippen molar-refractivity contribution in [2.45, 2.75) is 19.4 Å². The van der Waals surface area contributed by atoms with Gasteiger partial charge in [-0.1, -0.05) is 30.3 Å². The van der Waals surface area contributed by atoms with E-state index in [1.807, 2.05) is 18.2 Å². The van der Waals surface area contributed by atoms with E-state index >= 15 is 0 Å². The first-order valence-electron chi connectivity index (χ1n) is 6.03. The fourth-order valence-electron chi connectivity index (χ4n) is 1.77. The maximum Gasteiger partial charge on any atom is 0.357 e. The molecule has 1 atom stereocenters. The summed E-state index contributed by atoms with van der Waals surface area (Å²) in [6.45, 7) is 2.09. The number of benzene rings is 1. The number of hydrogen-bond donors (Lipinski definition) is 1. The molecule has 1 heterocycles. The van der Waals surface area contributed by atoms with E-state index in [9.17, 15) is 4.79 Å². The number of nitrogens with one attached hydrogen (secondary N) is 1. The molecule has 5 heteroatoms. The van der Waals surface area contributed by atoms with Crippen molar-refractivity contribution in [1.29, 1.82) is 0 Å². The van der Waals surface area contributed by atoms with Gasteiger partial charge in [-0.2, -0.15) is 0 Å². The Hall–Kier alpha value is -1.88. The fraction of sp³-hybridized carbons (Fsp3) is 0.286. The van der Waals surface area contributed by atoms with Gasteiger partial charge in [-0.05, 0) is 18.9 Å². The summed E-state index contributed by atoms with van der Waals surface area (Å²) in [5.74, 6) is -0.403. The van der Waals surface area contributed by atoms with Crippen LogP contribution >= 0.6 is 11.3 Å². The lowest BCUT2D eigenvalue weighted by Crippen LogP contribution is -2.18. The van der Waals surface area contributed by atoms with Gasteiger partial charge in [-0.25, -0.2) is 9.78 Å². The topological polar surface area (TPSA) is 51.2 Å². The van der Waals surface area contributed by atoms with E-state index in [4.69, 9.17) is 0 Å². The molecule has 1 N–H and O–H groups in total. The van der Waals surface area contributed by atoms with Crippen LogP contribution in [-0.2, 0) is 11.2 Å². The van der Waals surface area contributed by atoms with Crippen LogP contribution in [0.1, 0.15) is 23.0 Å². The average Bonchev–Trinajstić information content (AvgIpc) is 2.87. The van der Waals surface area contributed by atoms with Crippen LogP contribution in [0.15, 0.2) is 35.7 Å². The molecule has 19 heavy (non-hydrogen) atoms. The number of hydrogen-bond acceptors (Lipinski definition) is 5. The molecule has 0 radical (unpaired) electrons. The van der Waals surface area contributed by atoms with Gasteiger partial charge in [-0.3, -0.25) is 0 Å². The second kappa shape index (κ2) is 6.33. The Morgan fingerprint density at radius 3 is 2.84 bits per heavy atom. The van der Waals surface area contributed by atoms with Crippen molar-refractivity contribution in [3.63, 3.8) is 0 Å². The number of aromatic nitrogens is 1. The van der Waals surface area contributed by atoms with Crippen molar-refractivity contribution in [1.82, 2.24) is 4.98 Å². The van der Waals surface area contributed by atoms with Gasteiger partial charge < -0.3 is 10.1 Å². The average molecular weight is 276 g/mol. The van der Waals surface area contributed by atoms with Gasteiger partial charge in [0.25, 0.3) is 0 Å². The van der Waals surface area contributed by atoms with Crippen LogP contribution in [0, 0.1) is 0 Å². The van der Waals surface area contributed by atoms with E-state index in [1.165, 1.54) is 24.0 Å². The number of rotatable bonds is 5. The van der Waals surface area contributed by atoms with Crippen molar-refractivity contribution in [3.8, 4) is 0 Å². The summed E-state index contributed by atoms with van der Waals surface area (Å²) in [5, 5.41) is 5.73. The van der Waals surface area contributed by atoms with E-state index < -0.39 is 5.97 Å². The van der Waals surface area contributed by atoms with Gasteiger partial charge in [0.15, 0.2) is 10.8 Å². The summed E-state index contributed by atoms with van der Waals surface area (Å²) < 4.78 is 4.63. The third-order valence-corrected chi connectivity index (χ3v) is 3.43. The number of thiazole rings is 1. The number of esters is 1. The highest BCUT2D eigenvalue weighted by atomic mass is 32.1. The van der Waals surface area contributed by atoms with Crippen LogP contribution < -0.4 is 5.32 Å². The van der Waals surface area contributed by atoms with Crippen molar-refractivity contribution in [2.24, 2.45) is 0 Å². The third kappa shape index (κ3) is 3.79. The standard InChI is InChI=1S/C14H16N2O2S/c1-10(8-11-6-4-3-5-7-11)15-14-16-12(9-19-14)13(17)18-2/h3-7,9-10H,8H2,1-2H3,(H,15,16). The zero-order valence-corrected chi connectivity index (χ0v) is 11.7. The predicted molar refractivity (Wildman–Crippen MR) is 76.7 cm³/mol. The number of nitrogens with zero attached hydrogens (tertiary/aromatic N) is 1. The van der Waals surface area contributed by atoms with Gasteiger partial charge in [0.2, 0.25) is 0 Å². The molecule has 0 aliphatic carbocycles. The van der Waals surface area contributed by atoms with Gasteiger partial charge >= 0.3 is 5.97 Å². The minimum absolute atomic E-state index is 0.249. The monoisotopic (exact) mass is 276 g/mol. The molecule has 0 saturated carbocycles. The van der Waals surface area contributed by atoms with E-state index in [0.717, 1.165) is 11.6 Å². The molecule has 0 amide bonds. The largest absolute Gasteiger partial charge is 0.464 e. The first kappa shape index (κ1) is 13.5. The van der Waals surface area contributed by atoms with Crippen LogP contribution in [0.3, 0.4) is 0 Å². The summed E-state index contributed by atoms with van der Waals surface area (Å²) >= 11 is 1.41. The van der Waals surface area contributed by atoms with Crippen molar-refractivity contribution in [2.75, 3.05) is 12.4 Å². The quantitative estimate of drug-likeness (QED) is 0.853. The predicted octanol–water partition coefficient (Wildman–Crippen LogP) is 2.97. The normalized spacial score (nSPS) is 11.9. The Balaban J connectivity index is 1.94. The molecule has 1 aromatic carbocycles. The molecule has 2 rings (SSSR count). The smallest absolute Gasteiger partial charge is 0.357 e. The maximum absolute atomic E-state index is 11.3. The van der Waals surface area contributed by atoms with Crippen molar-refractivity contribution >= 4 is 22.4 Å². The van der Waals surface area contributed by atoms with Crippen molar-refractivity contribution < 1.29 is 9.53 Å². The summed E-state index contributed by atoms with van der Waals surface area (Å²) in [6.07, 6.45) is 0.911. The molecule has 4 nitrogen and oxygen atoms in total. The minimum atomic E-state index is -0.403. The lowest BCUT2D eigenvalue weighted by Gasteiger charge is -2.12. The molecule has 0 bridgehead atoms. The third-order valence-electron chi connectivity index (χ3n) is 2.65. The summed E-state index contributed by atoms with van der Waals surface area (Å²) in [5.41, 5.74) is 1.62. The molecule has 0 aliphatic heterocycles. The Labute approximate surface area is 116 Å². The van der Waals surface area contributed by atoms with E-state index in [2.05, 4.69) is 34.1 Å². The second-order valence-electron chi connectivity index (χ2n) is 4.26. The first-order chi connectivity index (χ1) is 9.19. The molecule has 1 aromatic heterocycles. The molecular formula is C14H16N2O2S. The number of carbonyl (C=O) groups is 1. The second-order valence-corrected chi connectivity index (χ2v) is 5.12. The van der Waals surface area contributed by atoms with Gasteiger partial charge in [0.05, 0.1) is 7.11 Å². The molecule has 0 aliphatic rings. The van der Waals surface area contributed by atoms with E-state index in [-0.39, 0.29) is 6.04 Å².